The van der Waals surface area contributed by atoms with Crippen LogP contribution >= 0.6 is 0 Å². The van der Waals surface area contributed by atoms with Gasteiger partial charge in [-0.05, 0) is 38.2 Å². The van der Waals surface area contributed by atoms with Crippen molar-refractivity contribution < 1.29 is 4.79 Å². The van der Waals surface area contributed by atoms with E-state index in [1.54, 1.807) is 0 Å². The van der Waals surface area contributed by atoms with Crippen molar-refractivity contribution in [3.63, 3.8) is 0 Å². The predicted molar refractivity (Wildman–Crippen MR) is 116 cm³/mol. The number of hydrogen-bond donors (Lipinski definition) is 2. The van der Waals surface area contributed by atoms with E-state index in [0.717, 1.165) is 57.8 Å². The van der Waals surface area contributed by atoms with Gasteiger partial charge in [0.1, 0.15) is 0 Å². The van der Waals surface area contributed by atoms with Gasteiger partial charge >= 0.3 is 0 Å². The first-order chi connectivity index (χ1) is 13.7. The van der Waals surface area contributed by atoms with Gasteiger partial charge in [-0.2, -0.15) is 0 Å². The Morgan fingerprint density at radius 1 is 1.18 bits per heavy atom. The van der Waals surface area contributed by atoms with E-state index in [1.165, 1.54) is 18.4 Å². The van der Waals surface area contributed by atoms with Gasteiger partial charge in [-0.1, -0.05) is 50.1 Å². The average molecular weight is 385 g/mol. The molecule has 1 aromatic carbocycles. The Bertz CT molecular complexity index is 639. The van der Waals surface area contributed by atoms with E-state index in [0.29, 0.717) is 17.9 Å². The molecule has 1 saturated carbocycles. The molecular weight excluding hydrogens is 348 g/mol. The van der Waals surface area contributed by atoms with Crippen LogP contribution < -0.4 is 10.6 Å². The minimum atomic E-state index is 0.275. The van der Waals surface area contributed by atoms with Crippen molar-refractivity contribution in [2.45, 2.75) is 64.3 Å². The maximum atomic E-state index is 12.7. The first kappa shape index (κ1) is 20.7. The molecule has 1 amide bonds. The number of hydrogen-bond acceptors (Lipinski definition) is 2. The van der Waals surface area contributed by atoms with E-state index in [4.69, 9.17) is 4.99 Å². The Kier molecular flexibility index (Phi) is 7.75. The molecule has 1 aromatic rings. The van der Waals surface area contributed by atoms with Crippen LogP contribution in [0.4, 0.5) is 0 Å². The number of nitrogens with zero attached hydrogens (tertiary/aromatic N) is 2. The van der Waals surface area contributed by atoms with Crippen LogP contribution in [0, 0.1) is 5.92 Å². The van der Waals surface area contributed by atoms with Gasteiger partial charge in [0, 0.05) is 44.1 Å². The summed E-state index contributed by atoms with van der Waals surface area (Å²) in [5, 5.41) is 6.94. The molecule has 2 unspecified atom stereocenters. The molecule has 1 saturated heterocycles. The van der Waals surface area contributed by atoms with Crippen molar-refractivity contribution in [2.75, 3.05) is 26.2 Å². The molecule has 5 heteroatoms. The monoisotopic (exact) mass is 384 g/mol. The summed E-state index contributed by atoms with van der Waals surface area (Å²) in [5.74, 6) is 1.95. The van der Waals surface area contributed by atoms with Gasteiger partial charge in [0.15, 0.2) is 5.96 Å². The van der Waals surface area contributed by atoms with Crippen LogP contribution in [-0.2, 0) is 4.79 Å². The zero-order valence-electron chi connectivity index (χ0n) is 17.5. The zero-order valence-corrected chi connectivity index (χ0v) is 17.5. The minimum absolute atomic E-state index is 0.275. The summed E-state index contributed by atoms with van der Waals surface area (Å²) >= 11 is 0. The maximum Gasteiger partial charge on any atom is 0.225 e. The molecule has 1 heterocycles. The zero-order chi connectivity index (χ0) is 19.8. The molecule has 3 rings (SSSR count). The van der Waals surface area contributed by atoms with Gasteiger partial charge in [-0.3, -0.25) is 9.79 Å². The summed E-state index contributed by atoms with van der Waals surface area (Å²) in [5.41, 5.74) is 1.35. The molecule has 0 spiro atoms. The third-order valence-corrected chi connectivity index (χ3v) is 6.12. The van der Waals surface area contributed by atoms with Gasteiger partial charge < -0.3 is 15.5 Å². The Morgan fingerprint density at radius 2 is 1.93 bits per heavy atom. The van der Waals surface area contributed by atoms with Crippen molar-refractivity contribution >= 4 is 11.9 Å². The van der Waals surface area contributed by atoms with Gasteiger partial charge in [0.25, 0.3) is 0 Å². The fourth-order valence-corrected chi connectivity index (χ4v) is 4.42. The number of nitrogens with one attached hydrogen (secondary N) is 2. The van der Waals surface area contributed by atoms with E-state index in [-0.39, 0.29) is 5.92 Å². The lowest BCUT2D eigenvalue weighted by molar-refractivity contribution is -0.134. The summed E-state index contributed by atoms with van der Waals surface area (Å²) in [6, 6.07) is 10.9. The summed E-state index contributed by atoms with van der Waals surface area (Å²) < 4.78 is 0. The molecule has 2 atom stereocenters. The van der Waals surface area contributed by atoms with Crippen LogP contribution in [0.25, 0.3) is 0 Å². The first-order valence-electron chi connectivity index (χ1n) is 11.1. The predicted octanol–water partition coefficient (Wildman–Crippen LogP) is 3.53. The van der Waals surface area contributed by atoms with Crippen LogP contribution in [0.5, 0.6) is 0 Å². The Labute approximate surface area is 170 Å². The summed E-state index contributed by atoms with van der Waals surface area (Å²) in [7, 11) is 0. The van der Waals surface area contributed by atoms with Crippen LogP contribution in [-0.4, -0.2) is 49.0 Å². The molecule has 2 aliphatic rings. The Hall–Kier alpha value is -2.04. The number of carbonyl (C=O) groups is 1. The number of amides is 1. The third kappa shape index (κ3) is 5.49. The maximum absolute atomic E-state index is 12.7. The van der Waals surface area contributed by atoms with Crippen LogP contribution in [0.15, 0.2) is 35.3 Å². The summed E-state index contributed by atoms with van der Waals surface area (Å²) in [4.78, 5) is 19.6. The number of rotatable bonds is 7. The molecule has 2 N–H and O–H groups in total. The molecule has 5 nitrogen and oxygen atoms in total. The highest BCUT2D eigenvalue weighted by Gasteiger charge is 2.32. The highest BCUT2D eigenvalue weighted by atomic mass is 16.2. The number of aliphatic imine (C=N–C) groups is 1. The van der Waals surface area contributed by atoms with Crippen molar-refractivity contribution in [1.29, 1.82) is 0 Å². The van der Waals surface area contributed by atoms with Gasteiger partial charge in [-0.15, -0.1) is 0 Å². The quantitative estimate of drug-likeness (QED) is 0.559. The summed E-state index contributed by atoms with van der Waals surface area (Å²) in [6.45, 7) is 7.59. The molecule has 1 aliphatic carbocycles. The summed E-state index contributed by atoms with van der Waals surface area (Å²) in [6.07, 6.45) is 6.65. The molecular formula is C23H36N4O. The average Bonchev–Trinajstić information content (AvgIpc) is 3.41. The number of benzene rings is 1. The lowest BCUT2D eigenvalue weighted by Gasteiger charge is -2.22. The first-order valence-corrected chi connectivity index (χ1v) is 11.1. The fourth-order valence-electron chi connectivity index (χ4n) is 4.42. The largest absolute Gasteiger partial charge is 0.357 e. The second-order valence-electron chi connectivity index (χ2n) is 8.13. The molecule has 0 bridgehead atoms. The molecule has 154 valence electrons. The van der Waals surface area contributed by atoms with E-state index < -0.39 is 0 Å². The highest BCUT2D eigenvalue weighted by molar-refractivity contribution is 5.81. The molecule has 1 aliphatic heterocycles. The van der Waals surface area contributed by atoms with Crippen LogP contribution in [0.3, 0.4) is 0 Å². The Morgan fingerprint density at radius 3 is 2.61 bits per heavy atom. The molecule has 28 heavy (non-hydrogen) atoms. The highest BCUT2D eigenvalue weighted by Crippen LogP contribution is 2.28. The molecule has 2 fully saturated rings. The smallest absolute Gasteiger partial charge is 0.225 e. The van der Waals surface area contributed by atoms with Gasteiger partial charge in [0.2, 0.25) is 5.91 Å². The molecule has 0 radical (unpaired) electrons. The molecule has 0 aromatic heterocycles. The lowest BCUT2D eigenvalue weighted by Crippen LogP contribution is -2.45. The Balaban J connectivity index is 1.55. The van der Waals surface area contributed by atoms with E-state index in [9.17, 15) is 4.79 Å². The van der Waals surface area contributed by atoms with E-state index in [2.05, 4.69) is 59.7 Å². The topological polar surface area (TPSA) is 56.7 Å². The van der Waals surface area contributed by atoms with Crippen molar-refractivity contribution in [1.82, 2.24) is 15.5 Å². The van der Waals surface area contributed by atoms with E-state index >= 15 is 0 Å². The second kappa shape index (κ2) is 10.5. The van der Waals surface area contributed by atoms with E-state index in [1.807, 2.05) is 0 Å². The lowest BCUT2D eigenvalue weighted by atomic mass is 9.97. The normalized spacial score (nSPS) is 21.7. The number of guanidine groups is 1. The standard InChI is InChI=1S/C23H36N4O/c1-3-18(19-10-6-5-7-11-19)16-25-23(24-4-2)26-21-14-15-27(17-21)22(28)20-12-8-9-13-20/h5-7,10-11,18,20-21H,3-4,8-9,12-17H2,1-2H3,(H2,24,25,26). The minimum Gasteiger partial charge on any atom is -0.357 e. The van der Waals surface area contributed by atoms with Gasteiger partial charge in [0.05, 0.1) is 0 Å². The van der Waals surface area contributed by atoms with Crippen molar-refractivity contribution in [3.8, 4) is 0 Å². The number of likely N-dealkylation sites (tertiary alicyclic amines) is 1. The van der Waals surface area contributed by atoms with Gasteiger partial charge in [-0.25, -0.2) is 0 Å². The second-order valence-corrected chi connectivity index (χ2v) is 8.13. The fraction of sp³-hybridized carbons (Fsp3) is 0.652. The van der Waals surface area contributed by atoms with Crippen molar-refractivity contribution in [2.24, 2.45) is 10.9 Å². The van der Waals surface area contributed by atoms with Crippen LogP contribution in [0.1, 0.15) is 63.9 Å². The number of carbonyl (C=O) groups excluding carboxylic acids is 1. The van der Waals surface area contributed by atoms with Crippen LogP contribution in [0.2, 0.25) is 0 Å². The SMILES string of the molecule is CCNC(=NCC(CC)c1ccccc1)NC1CCN(C(=O)C2CCCC2)C1. The van der Waals surface area contributed by atoms with Crippen molar-refractivity contribution in [3.05, 3.63) is 35.9 Å². The third-order valence-electron chi connectivity index (χ3n) is 6.12.